The second-order valence-corrected chi connectivity index (χ2v) is 15.1. The monoisotopic (exact) mass is 676 g/mol. The van der Waals surface area contributed by atoms with E-state index >= 15 is 0 Å². The average Bonchev–Trinajstić information content (AvgIpc) is 3.84. The molecule has 0 unspecified atom stereocenters. The first-order valence-electron chi connectivity index (χ1n) is 18.4. The van der Waals surface area contributed by atoms with Crippen LogP contribution >= 0.6 is 0 Å². The zero-order valence-corrected chi connectivity index (χ0v) is 29.3. The summed E-state index contributed by atoms with van der Waals surface area (Å²) in [5.74, 6) is 0. The summed E-state index contributed by atoms with van der Waals surface area (Å²) >= 11 is 0. The number of hydrogen-bond donors (Lipinski definition) is 0. The molecule has 0 fully saturated rings. The van der Waals surface area contributed by atoms with Crippen molar-refractivity contribution in [3.05, 3.63) is 169 Å². The number of rotatable bonds is 2. The Hall–Kier alpha value is -6.64. The normalized spacial score (nSPS) is 13.6. The van der Waals surface area contributed by atoms with Crippen molar-refractivity contribution in [2.24, 2.45) is 0 Å². The molecule has 0 saturated carbocycles. The van der Waals surface area contributed by atoms with Gasteiger partial charge in [-0.05, 0) is 113 Å². The minimum atomic E-state index is -0.118. The molecule has 0 bridgehead atoms. The van der Waals surface area contributed by atoms with E-state index in [1.54, 1.807) is 0 Å². The highest BCUT2D eigenvalue weighted by atomic mass is 16.4. The van der Waals surface area contributed by atoms with Crippen LogP contribution in [0.3, 0.4) is 0 Å². The van der Waals surface area contributed by atoms with Crippen LogP contribution in [0.1, 0.15) is 25.0 Å². The lowest BCUT2D eigenvalue weighted by Gasteiger charge is -2.24. The average molecular weight is 677 g/mol. The number of hydrogen-bond acceptors (Lipinski definition) is 2. The van der Waals surface area contributed by atoms with Crippen LogP contribution in [0.4, 0.5) is 0 Å². The molecule has 1 aliphatic carbocycles. The van der Waals surface area contributed by atoms with Gasteiger partial charge in [0.15, 0.2) is 11.2 Å². The van der Waals surface area contributed by atoms with Crippen LogP contribution in [0, 0.1) is 0 Å². The second kappa shape index (κ2) is 10.2. The van der Waals surface area contributed by atoms with Gasteiger partial charge in [-0.2, -0.15) is 0 Å². The minimum Gasteiger partial charge on any atom is -0.452 e. The standard InChI is InChI=1S/C51H32O2/c1-51(2)42-21-11-9-20-39(42)48-32-15-4-3-13-30(32)41(28-43(48)51)47-35-18-7-5-16-33(35)46(34-17-6-8-19-36(34)47)29-23-26-45-40(27-29)38-25-24-37-31-14-10-12-22-44(31)52-49(37)50(38)53-45/h3-28H,1-2H3. The summed E-state index contributed by atoms with van der Waals surface area (Å²) in [5.41, 5.74) is 13.7. The quantitative estimate of drug-likeness (QED) is 0.170. The summed E-state index contributed by atoms with van der Waals surface area (Å²) in [6.07, 6.45) is 0. The zero-order valence-electron chi connectivity index (χ0n) is 29.3. The van der Waals surface area contributed by atoms with Crippen molar-refractivity contribution in [2.75, 3.05) is 0 Å². The zero-order chi connectivity index (χ0) is 35.0. The fourth-order valence-corrected chi connectivity index (χ4v) is 9.66. The highest BCUT2D eigenvalue weighted by Crippen LogP contribution is 2.55. The Morgan fingerprint density at radius 2 is 0.849 bits per heavy atom. The second-order valence-electron chi connectivity index (χ2n) is 15.1. The Kier molecular flexibility index (Phi) is 5.60. The topological polar surface area (TPSA) is 26.3 Å². The Bertz CT molecular complexity index is 3310. The van der Waals surface area contributed by atoms with Crippen LogP contribution in [0.25, 0.3) is 110 Å². The van der Waals surface area contributed by atoms with Crippen molar-refractivity contribution < 1.29 is 8.83 Å². The predicted octanol–water partition coefficient (Wildman–Crippen LogP) is 14.6. The lowest BCUT2D eigenvalue weighted by atomic mass is 9.79. The number of benzene rings is 9. The number of para-hydroxylation sites is 1. The van der Waals surface area contributed by atoms with Crippen LogP contribution in [-0.4, -0.2) is 0 Å². The molecule has 0 spiro atoms. The molecule has 1 aliphatic rings. The maximum atomic E-state index is 6.56. The van der Waals surface area contributed by atoms with Gasteiger partial charge in [0.25, 0.3) is 0 Å². The molecule has 2 heterocycles. The van der Waals surface area contributed by atoms with Crippen LogP contribution in [0.5, 0.6) is 0 Å². The summed E-state index contributed by atoms with van der Waals surface area (Å²) in [6, 6.07) is 57.6. The molecule has 9 aromatic carbocycles. The Balaban J connectivity index is 1.15. The molecule has 2 aromatic heterocycles. The molecule has 2 nitrogen and oxygen atoms in total. The highest BCUT2D eigenvalue weighted by molar-refractivity contribution is 6.26. The van der Waals surface area contributed by atoms with Gasteiger partial charge in [-0.15, -0.1) is 0 Å². The smallest absolute Gasteiger partial charge is 0.178 e. The largest absolute Gasteiger partial charge is 0.452 e. The maximum absolute atomic E-state index is 6.56. The van der Waals surface area contributed by atoms with Crippen molar-refractivity contribution in [1.82, 2.24) is 0 Å². The maximum Gasteiger partial charge on any atom is 0.178 e. The van der Waals surface area contributed by atoms with Gasteiger partial charge in [-0.3, -0.25) is 0 Å². The fourth-order valence-electron chi connectivity index (χ4n) is 9.66. The van der Waals surface area contributed by atoms with E-state index in [0.717, 1.165) is 43.9 Å². The lowest BCUT2D eigenvalue weighted by molar-refractivity contribution is 0.633. The van der Waals surface area contributed by atoms with Gasteiger partial charge in [0.05, 0.1) is 0 Å². The van der Waals surface area contributed by atoms with Gasteiger partial charge in [0, 0.05) is 27.0 Å². The first kappa shape index (κ1) is 29.0. The van der Waals surface area contributed by atoms with Crippen LogP contribution in [-0.2, 0) is 5.41 Å². The minimum absolute atomic E-state index is 0.118. The molecular formula is C51H32O2. The lowest BCUT2D eigenvalue weighted by Crippen LogP contribution is -2.15. The van der Waals surface area contributed by atoms with Crippen LogP contribution in [0.2, 0.25) is 0 Å². The summed E-state index contributed by atoms with van der Waals surface area (Å²) in [7, 11) is 0. The number of furan rings is 2. The van der Waals surface area contributed by atoms with Crippen LogP contribution in [0.15, 0.2) is 167 Å². The van der Waals surface area contributed by atoms with E-state index in [9.17, 15) is 0 Å². The first-order valence-corrected chi connectivity index (χ1v) is 18.4. The van der Waals surface area contributed by atoms with E-state index in [1.165, 1.54) is 76.8 Å². The molecular weight excluding hydrogens is 645 g/mol. The fraction of sp³-hybridized carbons (Fsp3) is 0.0588. The van der Waals surface area contributed by atoms with E-state index in [4.69, 9.17) is 8.83 Å². The van der Waals surface area contributed by atoms with Gasteiger partial charge in [0.1, 0.15) is 11.2 Å². The third-order valence-electron chi connectivity index (χ3n) is 12.1. The third-order valence-corrected chi connectivity index (χ3v) is 12.1. The Labute approximate surface area is 305 Å². The van der Waals surface area contributed by atoms with E-state index in [1.807, 2.05) is 12.1 Å². The van der Waals surface area contributed by atoms with E-state index in [2.05, 4.69) is 159 Å². The van der Waals surface area contributed by atoms with E-state index in [0.29, 0.717) is 0 Å². The molecule has 0 atom stereocenters. The van der Waals surface area contributed by atoms with Crippen molar-refractivity contribution >= 4 is 76.2 Å². The first-order chi connectivity index (χ1) is 26.1. The molecule has 248 valence electrons. The van der Waals surface area contributed by atoms with Gasteiger partial charge in [-0.25, -0.2) is 0 Å². The van der Waals surface area contributed by atoms with Gasteiger partial charge in [0.2, 0.25) is 0 Å². The summed E-state index contributed by atoms with van der Waals surface area (Å²) < 4.78 is 12.9. The molecule has 12 rings (SSSR count). The number of fused-ring (bicyclic) bond motifs is 14. The Morgan fingerprint density at radius 3 is 1.53 bits per heavy atom. The van der Waals surface area contributed by atoms with Crippen molar-refractivity contribution in [3.8, 4) is 33.4 Å². The summed E-state index contributed by atoms with van der Waals surface area (Å²) in [4.78, 5) is 0. The molecule has 11 aromatic rings. The van der Waals surface area contributed by atoms with Crippen molar-refractivity contribution in [2.45, 2.75) is 19.3 Å². The summed E-state index contributed by atoms with van der Waals surface area (Å²) in [5, 5.41) is 11.9. The van der Waals surface area contributed by atoms with Gasteiger partial charge >= 0.3 is 0 Å². The highest BCUT2D eigenvalue weighted by Gasteiger charge is 2.37. The van der Waals surface area contributed by atoms with Crippen molar-refractivity contribution in [1.29, 1.82) is 0 Å². The van der Waals surface area contributed by atoms with E-state index in [-0.39, 0.29) is 5.41 Å². The van der Waals surface area contributed by atoms with E-state index < -0.39 is 0 Å². The molecule has 0 saturated heterocycles. The third kappa shape index (κ3) is 3.77. The summed E-state index contributed by atoms with van der Waals surface area (Å²) in [6.45, 7) is 4.76. The SMILES string of the molecule is CC1(C)c2ccccc2-c2c1cc(-c1c3ccccc3c(-c3ccc4oc5c(ccc6c7ccccc7oc65)c4c3)c3ccccc13)c1ccccc21. The van der Waals surface area contributed by atoms with Crippen LogP contribution < -0.4 is 0 Å². The molecule has 53 heavy (non-hydrogen) atoms. The van der Waals surface area contributed by atoms with Gasteiger partial charge in [-0.1, -0.05) is 135 Å². The Morgan fingerprint density at radius 1 is 0.340 bits per heavy atom. The predicted molar refractivity (Wildman–Crippen MR) is 222 cm³/mol. The molecule has 0 aliphatic heterocycles. The molecule has 0 N–H and O–H groups in total. The van der Waals surface area contributed by atoms with Crippen molar-refractivity contribution in [3.63, 3.8) is 0 Å². The molecule has 0 amide bonds. The van der Waals surface area contributed by atoms with Gasteiger partial charge < -0.3 is 8.83 Å². The molecule has 0 radical (unpaired) electrons. The molecule has 2 heteroatoms.